The lowest BCUT2D eigenvalue weighted by molar-refractivity contribution is -0.132. The van der Waals surface area contributed by atoms with Crippen molar-refractivity contribution < 1.29 is 26.4 Å². The van der Waals surface area contributed by atoms with Gasteiger partial charge in [0.2, 0.25) is 10.0 Å². The summed E-state index contributed by atoms with van der Waals surface area (Å²) in [5.74, 6) is -0.929. The Morgan fingerprint density at radius 3 is 2.43 bits per heavy atom. The van der Waals surface area contributed by atoms with Crippen molar-refractivity contribution in [1.29, 1.82) is 0 Å². The molecule has 5 nitrogen and oxygen atoms in total. The first-order chi connectivity index (χ1) is 9.42. The topological polar surface area (TPSA) is 89.3 Å². The summed E-state index contributed by atoms with van der Waals surface area (Å²) in [6, 6.07) is 2.02. The van der Waals surface area contributed by atoms with E-state index in [-0.39, 0.29) is 15.1 Å². The van der Waals surface area contributed by atoms with Crippen molar-refractivity contribution in [1.82, 2.24) is 5.32 Å². The molecular weight excluding hydrogens is 401 g/mol. The number of carbonyl (C=O) groups excluding carboxylic acids is 1. The molecule has 0 saturated carbocycles. The highest BCUT2D eigenvalue weighted by molar-refractivity contribution is 9.10. The average Bonchev–Trinajstić information content (AvgIpc) is 2.24. The molecule has 21 heavy (non-hydrogen) atoms. The summed E-state index contributed by atoms with van der Waals surface area (Å²) in [5, 5.41) is 6.83. The molecule has 0 unspecified atom stereocenters. The lowest BCUT2D eigenvalue weighted by atomic mass is 10.2. The molecule has 1 rings (SSSR count). The quantitative estimate of drug-likeness (QED) is 0.800. The number of hydrogen-bond acceptors (Lipinski definition) is 3. The third-order valence-corrected chi connectivity index (χ3v) is 4.45. The number of sulfonamides is 1. The summed E-state index contributed by atoms with van der Waals surface area (Å²) in [4.78, 5) is 11.3. The van der Waals surface area contributed by atoms with E-state index >= 15 is 0 Å². The first kappa shape index (κ1) is 18.2. The normalized spacial score (nSPS) is 12.3. The third-order valence-electron chi connectivity index (χ3n) is 2.27. The largest absolute Gasteiger partial charge is 0.390 e. The van der Waals surface area contributed by atoms with Crippen molar-refractivity contribution in [3.63, 3.8) is 0 Å². The zero-order valence-corrected chi connectivity index (χ0v) is 13.3. The minimum Gasteiger partial charge on any atom is -0.352 e. The Labute approximate surface area is 131 Å². The minimum absolute atomic E-state index is 0.0434. The maximum Gasteiger partial charge on any atom is 0.390 e. The maximum atomic E-state index is 12.0. The molecule has 0 bridgehead atoms. The summed E-state index contributed by atoms with van der Waals surface area (Å²) in [6.07, 6.45) is -5.63. The summed E-state index contributed by atoms with van der Waals surface area (Å²) in [5.41, 5.74) is -0.286. The van der Waals surface area contributed by atoms with E-state index in [9.17, 15) is 26.4 Å². The molecule has 0 heterocycles. The van der Waals surface area contributed by atoms with Gasteiger partial charge in [-0.2, -0.15) is 13.2 Å². The molecule has 118 valence electrons. The fraction of sp³-hybridized carbons (Fsp3) is 0.300. The molecule has 1 aromatic rings. The zero-order chi connectivity index (χ0) is 16.4. The van der Waals surface area contributed by atoms with E-state index in [1.54, 1.807) is 0 Å². The molecular formula is C10H9BrClF3N2O3S. The molecule has 0 aliphatic carbocycles. The van der Waals surface area contributed by atoms with E-state index < -0.39 is 40.0 Å². The highest BCUT2D eigenvalue weighted by Crippen LogP contribution is 2.28. The predicted molar refractivity (Wildman–Crippen MR) is 73.5 cm³/mol. The van der Waals surface area contributed by atoms with Crippen molar-refractivity contribution in [2.45, 2.75) is 17.5 Å². The Hall–Kier alpha value is -0.840. The molecule has 0 radical (unpaired) electrons. The van der Waals surface area contributed by atoms with Gasteiger partial charge in [-0.3, -0.25) is 4.79 Å². The van der Waals surface area contributed by atoms with Crippen LogP contribution in [0.15, 0.2) is 21.5 Å². The van der Waals surface area contributed by atoms with Crippen LogP contribution in [0.4, 0.5) is 13.2 Å². The van der Waals surface area contributed by atoms with Gasteiger partial charge in [-0.1, -0.05) is 11.6 Å². The van der Waals surface area contributed by atoms with Crippen LogP contribution in [0.2, 0.25) is 5.02 Å². The van der Waals surface area contributed by atoms with Crippen LogP contribution in [0.3, 0.4) is 0 Å². The summed E-state index contributed by atoms with van der Waals surface area (Å²) < 4.78 is 58.6. The Bertz CT molecular complexity index is 664. The number of benzene rings is 1. The highest BCUT2D eigenvalue weighted by atomic mass is 79.9. The number of alkyl halides is 3. The molecule has 1 amide bonds. The monoisotopic (exact) mass is 408 g/mol. The van der Waals surface area contributed by atoms with Crippen molar-refractivity contribution in [3.05, 3.63) is 27.2 Å². The molecule has 0 spiro atoms. The first-order valence-corrected chi connectivity index (χ1v) is 8.00. The maximum absolute atomic E-state index is 12.0. The van der Waals surface area contributed by atoms with E-state index in [4.69, 9.17) is 16.7 Å². The van der Waals surface area contributed by atoms with Crippen molar-refractivity contribution in [2.24, 2.45) is 5.14 Å². The Morgan fingerprint density at radius 1 is 1.38 bits per heavy atom. The molecule has 1 aromatic carbocycles. The molecule has 0 fully saturated rings. The third kappa shape index (κ3) is 5.46. The predicted octanol–water partition coefficient (Wildman–Crippen LogP) is 2.43. The smallest absolute Gasteiger partial charge is 0.352 e. The number of halogens is 5. The van der Waals surface area contributed by atoms with Crippen LogP contribution in [-0.4, -0.2) is 27.0 Å². The second-order valence-electron chi connectivity index (χ2n) is 3.93. The van der Waals surface area contributed by atoms with Crippen LogP contribution in [-0.2, 0) is 10.0 Å². The molecule has 11 heteroatoms. The Morgan fingerprint density at radius 2 is 1.95 bits per heavy atom. The van der Waals surface area contributed by atoms with Crippen molar-refractivity contribution in [3.8, 4) is 0 Å². The number of hydrogen-bond donors (Lipinski definition) is 2. The van der Waals surface area contributed by atoms with Crippen LogP contribution < -0.4 is 10.5 Å². The number of amides is 1. The van der Waals surface area contributed by atoms with Gasteiger partial charge in [0.05, 0.1) is 21.9 Å². The zero-order valence-electron chi connectivity index (χ0n) is 10.2. The number of nitrogens with two attached hydrogens (primary N) is 1. The summed E-state index contributed by atoms with van der Waals surface area (Å²) >= 11 is 8.69. The number of carbonyl (C=O) groups is 1. The van der Waals surface area contributed by atoms with Crippen LogP contribution in [0.5, 0.6) is 0 Å². The Balaban J connectivity index is 3.00. The minimum atomic E-state index is -4.41. The molecule has 0 aromatic heterocycles. The molecule has 0 atom stereocenters. The van der Waals surface area contributed by atoms with Gasteiger partial charge in [0.15, 0.2) is 0 Å². The number of nitrogens with one attached hydrogen (secondary N) is 1. The van der Waals surface area contributed by atoms with Gasteiger partial charge in [0, 0.05) is 11.0 Å². The van der Waals surface area contributed by atoms with Crippen molar-refractivity contribution >= 4 is 43.5 Å². The SMILES string of the molecule is NS(=O)(=O)c1cc(C(=O)NCCC(F)(F)F)c(Cl)cc1Br. The number of rotatable bonds is 4. The van der Waals surface area contributed by atoms with E-state index in [2.05, 4.69) is 15.9 Å². The Kier molecular flexibility index (Phi) is 5.64. The van der Waals surface area contributed by atoms with Crippen LogP contribution in [0.1, 0.15) is 16.8 Å². The fourth-order valence-corrected chi connectivity index (χ4v) is 3.35. The molecule has 3 N–H and O–H groups in total. The van der Waals surface area contributed by atoms with Gasteiger partial charge >= 0.3 is 6.18 Å². The molecule has 0 aliphatic rings. The van der Waals surface area contributed by atoms with Crippen molar-refractivity contribution in [2.75, 3.05) is 6.54 Å². The van der Waals surface area contributed by atoms with E-state index in [1.807, 2.05) is 5.32 Å². The van der Waals surface area contributed by atoms with E-state index in [0.29, 0.717) is 0 Å². The van der Waals surface area contributed by atoms with Gasteiger partial charge in [-0.25, -0.2) is 13.6 Å². The van der Waals surface area contributed by atoms with Gasteiger partial charge in [0.1, 0.15) is 0 Å². The summed E-state index contributed by atoms with van der Waals surface area (Å²) in [7, 11) is -4.12. The molecule has 0 aliphatic heterocycles. The first-order valence-electron chi connectivity index (χ1n) is 5.28. The van der Waals surface area contributed by atoms with Gasteiger partial charge in [0.25, 0.3) is 5.91 Å². The highest BCUT2D eigenvalue weighted by Gasteiger charge is 2.27. The van der Waals surface area contributed by atoms with Gasteiger partial charge < -0.3 is 5.32 Å². The van der Waals surface area contributed by atoms with Gasteiger partial charge in [-0.15, -0.1) is 0 Å². The summed E-state index contributed by atoms with van der Waals surface area (Å²) in [6.45, 7) is -0.653. The lowest BCUT2D eigenvalue weighted by Gasteiger charge is -2.10. The van der Waals surface area contributed by atoms with E-state index in [1.165, 1.54) is 0 Å². The van der Waals surface area contributed by atoms with Crippen LogP contribution >= 0.6 is 27.5 Å². The molecule has 0 saturated heterocycles. The van der Waals surface area contributed by atoms with E-state index in [0.717, 1.165) is 12.1 Å². The van der Waals surface area contributed by atoms with Gasteiger partial charge in [-0.05, 0) is 28.1 Å². The second kappa shape index (κ2) is 6.51. The average molecular weight is 410 g/mol. The van der Waals surface area contributed by atoms with Crippen LogP contribution in [0.25, 0.3) is 0 Å². The van der Waals surface area contributed by atoms with Crippen LogP contribution in [0, 0.1) is 0 Å². The second-order valence-corrected chi connectivity index (χ2v) is 6.72. The fourth-order valence-electron chi connectivity index (χ4n) is 1.33. The lowest BCUT2D eigenvalue weighted by Crippen LogP contribution is -2.28. The number of primary sulfonamides is 1. The standard InChI is InChI=1S/C10H9BrClF3N2O3S/c11-6-4-7(12)5(3-8(6)21(16,19)20)9(18)17-2-1-10(13,14)15/h3-4H,1-2H2,(H,17,18)(H2,16,19,20).